The lowest BCUT2D eigenvalue weighted by Gasteiger charge is -2.28. The van der Waals surface area contributed by atoms with E-state index in [1.165, 1.54) is 11.3 Å². The van der Waals surface area contributed by atoms with E-state index in [1.54, 1.807) is 6.92 Å². The topological polar surface area (TPSA) is 53.3 Å². The Morgan fingerprint density at radius 3 is 2.65 bits per heavy atom. The minimum atomic E-state index is 0.0294. The Morgan fingerprint density at radius 1 is 1.47 bits per heavy atom. The maximum Gasteiger partial charge on any atom is 0.163 e. The summed E-state index contributed by atoms with van der Waals surface area (Å²) in [6.07, 6.45) is 0. The fourth-order valence-electron chi connectivity index (χ4n) is 2.01. The SMILES string of the molecule is CC(=O)c1c(N2CCOCC2)sc(C#N)c1C. The number of anilines is 1. The quantitative estimate of drug-likeness (QED) is 0.753. The Morgan fingerprint density at radius 2 is 2.12 bits per heavy atom. The van der Waals surface area contributed by atoms with Gasteiger partial charge in [0.1, 0.15) is 15.9 Å². The summed E-state index contributed by atoms with van der Waals surface area (Å²) in [7, 11) is 0. The standard InChI is InChI=1S/C12H14N2O2S/c1-8-10(7-13)17-12(11(8)9(2)15)14-3-5-16-6-4-14/h3-6H2,1-2H3. The maximum absolute atomic E-state index is 11.7. The summed E-state index contributed by atoms with van der Waals surface area (Å²) in [5.41, 5.74) is 1.51. The summed E-state index contributed by atoms with van der Waals surface area (Å²) in [4.78, 5) is 14.5. The lowest BCUT2D eigenvalue weighted by Crippen LogP contribution is -2.36. The van der Waals surface area contributed by atoms with Gasteiger partial charge in [0.05, 0.1) is 18.8 Å². The van der Waals surface area contributed by atoms with Crippen LogP contribution in [0.25, 0.3) is 0 Å². The van der Waals surface area contributed by atoms with E-state index in [9.17, 15) is 4.79 Å². The molecule has 1 aliphatic heterocycles. The third-order valence-corrected chi connectivity index (χ3v) is 4.14. The molecule has 1 aromatic rings. The predicted molar refractivity (Wildman–Crippen MR) is 66.8 cm³/mol. The molecule has 0 amide bonds. The molecule has 1 aliphatic rings. The first-order chi connectivity index (χ1) is 8.15. The van der Waals surface area contributed by atoms with Crippen LogP contribution in [-0.2, 0) is 4.74 Å². The molecule has 90 valence electrons. The molecule has 0 saturated carbocycles. The van der Waals surface area contributed by atoms with Crippen LogP contribution in [0.4, 0.5) is 5.00 Å². The zero-order chi connectivity index (χ0) is 12.4. The summed E-state index contributed by atoms with van der Waals surface area (Å²) in [5, 5.41) is 9.97. The number of carbonyl (C=O) groups is 1. The molecule has 0 spiro atoms. The van der Waals surface area contributed by atoms with Crippen molar-refractivity contribution in [3.8, 4) is 6.07 Å². The van der Waals surface area contributed by atoms with Gasteiger partial charge in [0, 0.05) is 13.1 Å². The number of nitrogens with zero attached hydrogens (tertiary/aromatic N) is 2. The van der Waals surface area contributed by atoms with Crippen molar-refractivity contribution in [1.29, 1.82) is 5.26 Å². The Bertz CT molecular complexity index is 481. The monoisotopic (exact) mass is 250 g/mol. The molecule has 1 fully saturated rings. The van der Waals surface area contributed by atoms with Crippen molar-refractivity contribution >= 4 is 22.1 Å². The van der Waals surface area contributed by atoms with E-state index in [0.717, 1.165) is 23.7 Å². The van der Waals surface area contributed by atoms with Gasteiger partial charge < -0.3 is 9.64 Å². The highest BCUT2D eigenvalue weighted by Crippen LogP contribution is 2.36. The smallest absolute Gasteiger partial charge is 0.163 e. The summed E-state index contributed by atoms with van der Waals surface area (Å²) >= 11 is 1.41. The number of hydrogen-bond donors (Lipinski definition) is 0. The van der Waals surface area contributed by atoms with Crippen LogP contribution in [-0.4, -0.2) is 32.1 Å². The van der Waals surface area contributed by atoms with Crippen LogP contribution < -0.4 is 4.90 Å². The second-order valence-electron chi connectivity index (χ2n) is 4.00. The van der Waals surface area contributed by atoms with Crippen molar-refractivity contribution in [2.24, 2.45) is 0 Å². The van der Waals surface area contributed by atoms with E-state index in [2.05, 4.69) is 11.0 Å². The molecule has 0 N–H and O–H groups in total. The Balaban J connectivity index is 2.45. The first kappa shape index (κ1) is 12.1. The highest BCUT2D eigenvalue weighted by molar-refractivity contribution is 7.17. The van der Waals surface area contributed by atoms with Crippen LogP contribution in [0.2, 0.25) is 0 Å². The number of carbonyl (C=O) groups excluding carboxylic acids is 1. The van der Waals surface area contributed by atoms with E-state index in [-0.39, 0.29) is 5.78 Å². The Kier molecular flexibility index (Phi) is 3.46. The van der Waals surface area contributed by atoms with Crippen LogP contribution in [0.15, 0.2) is 0 Å². The van der Waals surface area contributed by atoms with Crippen molar-refractivity contribution in [3.63, 3.8) is 0 Å². The summed E-state index contributed by atoms with van der Waals surface area (Å²) in [6, 6.07) is 2.16. The molecule has 2 heterocycles. The number of ketones is 1. The van der Waals surface area contributed by atoms with Crippen LogP contribution in [0.5, 0.6) is 0 Å². The van der Waals surface area contributed by atoms with Crippen LogP contribution in [0.1, 0.15) is 27.7 Å². The molecule has 1 aromatic heterocycles. The number of morpholine rings is 1. The van der Waals surface area contributed by atoms with Gasteiger partial charge in [-0.3, -0.25) is 4.79 Å². The molecule has 0 bridgehead atoms. The van der Waals surface area contributed by atoms with E-state index in [4.69, 9.17) is 10.00 Å². The number of nitriles is 1. The third-order valence-electron chi connectivity index (χ3n) is 2.88. The average Bonchev–Trinajstić information content (AvgIpc) is 2.67. The Labute approximate surface area is 104 Å². The van der Waals surface area contributed by atoms with Gasteiger partial charge >= 0.3 is 0 Å². The lowest BCUT2D eigenvalue weighted by molar-refractivity contribution is 0.101. The predicted octanol–water partition coefficient (Wildman–Crippen LogP) is 1.97. The second kappa shape index (κ2) is 4.86. The van der Waals surface area contributed by atoms with Gasteiger partial charge in [-0.1, -0.05) is 0 Å². The number of hydrogen-bond acceptors (Lipinski definition) is 5. The zero-order valence-corrected chi connectivity index (χ0v) is 10.8. The first-order valence-corrected chi connectivity index (χ1v) is 6.34. The summed E-state index contributed by atoms with van der Waals surface area (Å²) in [6.45, 7) is 6.32. The van der Waals surface area contributed by atoms with Crippen molar-refractivity contribution in [1.82, 2.24) is 0 Å². The fourth-order valence-corrected chi connectivity index (χ4v) is 3.21. The Hall–Kier alpha value is -1.38. The molecule has 1 saturated heterocycles. The normalized spacial score (nSPS) is 15.7. The van der Waals surface area contributed by atoms with Gasteiger partial charge in [-0.25, -0.2) is 0 Å². The largest absolute Gasteiger partial charge is 0.378 e. The van der Waals surface area contributed by atoms with Crippen LogP contribution in [0.3, 0.4) is 0 Å². The summed E-state index contributed by atoms with van der Waals surface area (Å²) in [5.74, 6) is 0.0294. The highest BCUT2D eigenvalue weighted by Gasteiger charge is 2.23. The van der Waals surface area contributed by atoms with Gasteiger partial charge in [-0.2, -0.15) is 5.26 Å². The minimum absolute atomic E-state index is 0.0294. The molecule has 5 heteroatoms. The van der Waals surface area contributed by atoms with Gasteiger partial charge in [-0.15, -0.1) is 11.3 Å². The van der Waals surface area contributed by atoms with Crippen molar-refractivity contribution < 1.29 is 9.53 Å². The fraction of sp³-hybridized carbons (Fsp3) is 0.500. The van der Waals surface area contributed by atoms with E-state index >= 15 is 0 Å². The zero-order valence-electron chi connectivity index (χ0n) is 9.95. The minimum Gasteiger partial charge on any atom is -0.378 e. The van der Waals surface area contributed by atoms with Gasteiger partial charge in [0.15, 0.2) is 5.78 Å². The van der Waals surface area contributed by atoms with Gasteiger partial charge in [0.25, 0.3) is 0 Å². The molecule has 0 unspecified atom stereocenters. The second-order valence-corrected chi connectivity index (χ2v) is 5.00. The maximum atomic E-state index is 11.7. The molecular weight excluding hydrogens is 236 g/mol. The molecular formula is C12H14N2O2S. The first-order valence-electron chi connectivity index (χ1n) is 5.52. The van der Waals surface area contributed by atoms with E-state index in [0.29, 0.717) is 23.7 Å². The molecule has 0 atom stereocenters. The number of thiophene rings is 1. The van der Waals surface area contributed by atoms with Crippen molar-refractivity contribution in [3.05, 3.63) is 16.0 Å². The molecule has 0 radical (unpaired) electrons. The third kappa shape index (κ3) is 2.19. The van der Waals surface area contributed by atoms with E-state index in [1.807, 2.05) is 6.92 Å². The number of ether oxygens (including phenoxy) is 1. The average molecular weight is 250 g/mol. The number of Topliss-reactive ketones (excluding diaryl/α,β-unsaturated/α-hetero) is 1. The van der Waals surface area contributed by atoms with Crippen molar-refractivity contribution in [2.45, 2.75) is 13.8 Å². The number of rotatable bonds is 2. The van der Waals surface area contributed by atoms with Crippen molar-refractivity contribution in [2.75, 3.05) is 31.2 Å². The molecule has 17 heavy (non-hydrogen) atoms. The molecule has 0 aliphatic carbocycles. The lowest BCUT2D eigenvalue weighted by atomic mass is 10.1. The molecule has 4 nitrogen and oxygen atoms in total. The molecule has 2 rings (SSSR count). The van der Waals surface area contributed by atoms with E-state index < -0.39 is 0 Å². The summed E-state index contributed by atoms with van der Waals surface area (Å²) < 4.78 is 5.30. The van der Waals surface area contributed by atoms with Gasteiger partial charge in [0.2, 0.25) is 0 Å². The van der Waals surface area contributed by atoms with Crippen LogP contribution >= 0.6 is 11.3 Å². The molecule has 0 aromatic carbocycles. The van der Waals surface area contributed by atoms with Gasteiger partial charge in [-0.05, 0) is 19.4 Å². The highest BCUT2D eigenvalue weighted by atomic mass is 32.1. The van der Waals surface area contributed by atoms with Crippen LogP contribution in [0, 0.1) is 18.3 Å².